The lowest BCUT2D eigenvalue weighted by Crippen LogP contribution is -2.30. The van der Waals surface area contributed by atoms with E-state index < -0.39 is 6.10 Å². The molecule has 0 N–H and O–H groups in total. The largest absolute Gasteiger partial charge is 0.462 e. The van der Waals surface area contributed by atoms with Crippen LogP contribution in [0.3, 0.4) is 0 Å². The number of esters is 3. The van der Waals surface area contributed by atoms with Crippen LogP contribution < -0.4 is 0 Å². The summed E-state index contributed by atoms with van der Waals surface area (Å²) in [6.07, 6.45) is 52.2. The van der Waals surface area contributed by atoms with E-state index in [0.29, 0.717) is 19.3 Å². The maximum absolute atomic E-state index is 12.7. The first-order valence-corrected chi connectivity index (χ1v) is 25.7. The van der Waals surface area contributed by atoms with Crippen LogP contribution in [-0.4, -0.2) is 37.2 Å². The highest BCUT2D eigenvalue weighted by atomic mass is 16.6. The normalized spacial score (nSPS) is 12.0. The predicted octanol–water partition coefficient (Wildman–Crippen LogP) is 16.6. The smallest absolute Gasteiger partial charge is 0.306 e. The van der Waals surface area contributed by atoms with Gasteiger partial charge in [0.05, 0.1) is 0 Å². The molecule has 0 aromatic rings. The summed E-state index contributed by atoms with van der Waals surface area (Å²) in [6.45, 7) is 6.61. The van der Waals surface area contributed by atoms with E-state index in [0.717, 1.165) is 57.8 Å². The zero-order valence-corrected chi connectivity index (χ0v) is 39.1. The van der Waals surface area contributed by atoms with E-state index in [1.807, 2.05) is 0 Å². The van der Waals surface area contributed by atoms with Crippen molar-refractivity contribution in [3.05, 3.63) is 12.2 Å². The Morgan fingerprint density at radius 2 is 0.569 bits per heavy atom. The molecule has 0 aromatic carbocycles. The van der Waals surface area contributed by atoms with Gasteiger partial charge in [0.2, 0.25) is 0 Å². The molecule has 342 valence electrons. The first-order chi connectivity index (χ1) is 28.5. The summed E-state index contributed by atoms with van der Waals surface area (Å²) in [7, 11) is 0. The second-order valence-electron chi connectivity index (χ2n) is 17.4. The number of hydrogen-bond acceptors (Lipinski definition) is 6. The van der Waals surface area contributed by atoms with Gasteiger partial charge >= 0.3 is 17.9 Å². The van der Waals surface area contributed by atoms with Gasteiger partial charge in [-0.05, 0) is 44.9 Å². The van der Waals surface area contributed by atoms with Gasteiger partial charge in [0.1, 0.15) is 13.2 Å². The second kappa shape index (κ2) is 47.8. The van der Waals surface area contributed by atoms with Crippen molar-refractivity contribution in [3.8, 4) is 0 Å². The maximum atomic E-state index is 12.7. The monoisotopic (exact) mass is 819 g/mol. The highest BCUT2D eigenvalue weighted by Gasteiger charge is 2.19. The predicted molar refractivity (Wildman–Crippen MR) is 247 cm³/mol. The van der Waals surface area contributed by atoms with Crippen LogP contribution in [0.2, 0.25) is 0 Å². The summed E-state index contributed by atoms with van der Waals surface area (Å²) in [6, 6.07) is 0. The van der Waals surface area contributed by atoms with Crippen LogP contribution in [-0.2, 0) is 28.6 Å². The molecule has 0 aliphatic heterocycles. The lowest BCUT2D eigenvalue weighted by Gasteiger charge is -2.18. The van der Waals surface area contributed by atoms with E-state index in [2.05, 4.69) is 32.9 Å². The van der Waals surface area contributed by atoms with Crippen LogP contribution in [0.15, 0.2) is 12.2 Å². The molecule has 0 fully saturated rings. The molecule has 0 spiro atoms. The summed E-state index contributed by atoms with van der Waals surface area (Å²) in [5.41, 5.74) is 0. The maximum Gasteiger partial charge on any atom is 0.306 e. The molecule has 0 bridgehead atoms. The van der Waals surface area contributed by atoms with Gasteiger partial charge in [-0.2, -0.15) is 0 Å². The van der Waals surface area contributed by atoms with Crippen LogP contribution in [0, 0.1) is 0 Å². The minimum Gasteiger partial charge on any atom is -0.462 e. The van der Waals surface area contributed by atoms with Crippen LogP contribution in [0.5, 0.6) is 0 Å². The molecule has 0 saturated carbocycles. The lowest BCUT2D eigenvalue weighted by atomic mass is 10.0. The Bertz CT molecular complexity index is 900. The number of carbonyl (C=O) groups excluding carboxylic acids is 3. The molecule has 0 radical (unpaired) electrons. The molecule has 6 nitrogen and oxygen atoms in total. The zero-order valence-electron chi connectivity index (χ0n) is 39.1. The van der Waals surface area contributed by atoms with Gasteiger partial charge in [-0.25, -0.2) is 0 Å². The van der Waals surface area contributed by atoms with E-state index >= 15 is 0 Å². The molecule has 0 aliphatic rings. The Balaban J connectivity index is 4.08. The van der Waals surface area contributed by atoms with Gasteiger partial charge in [-0.1, -0.05) is 232 Å². The summed E-state index contributed by atoms with van der Waals surface area (Å²) in [5.74, 6) is -0.862. The molecule has 1 atom stereocenters. The summed E-state index contributed by atoms with van der Waals surface area (Å²) < 4.78 is 16.7. The SMILES string of the molecule is CCCCCCCCCC/C=C\CCCCCCCCCCCCCC(=O)OCC(COC(=O)CCCCCCCCCC)OC(=O)CCCCCCCCCCC. The highest BCUT2D eigenvalue weighted by Crippen LogP contribution is 2.16. The van der Waals surface area contributed by atoms with E-state index in [9.17, 15) is 14.4 Å². The molecule has 0 aromatic heterocycles. The van der Waals surface area contributed by atoms with E-state index in [1.54, 1.807) is 0 Å². The zero-order chi connectivity index (χ0) is 42.3. The van der Waals surface area contributed by atoms with Gasteiger partial charge in [0.15, 0.2) is 6.10 Å². The number of unbranched alkanes of at least 4 members (excludes halogenated alkanes) is 34. The molecule has 0 rings (SSSR count). The minimum absolute atomic E-state index is 0.0660. The molecule has 0 heterocycles. The van der Waals surface area contributed by atoms with Gasteiger partial charge in [0.25, 0.3) is 0 Å². The first-order valence-electron chi connectivity index (χ1n) is 25.7. The van der Waals surface area contributed by atoms with E-state index in [4.69, 9.17) is 14.2 Å². The molecular weight excluding hydrogens is 721 g/mol. The number of carbonyl (C=O) groups is 3. The highest BCUT2D eigenvalue weighted by molar-refractivity contribution is 5.71. The van der Waals surface area contributed by atoms with Gasteiger partial charge in [-0.15, -0.1) is 0 Å². The van der Waals surface area contributed by atoms with Crippen LogP contribution in [0.25, 0.3) is 0 Å². The first kappa shape index (κ1) is 56.1. The van der Waals surface area contributed by atoms with Crippen molar-refractivity contribution >= 4 is 17.9 Å². The number of allylic oxidation sites excluding steroid dienone is 2. The summed E-state index contributed by atoms with van der Waals surface area (Å²) >= 11 is 0. The van der Waals surface area contributed by atoms with Crippen molar-refractivity contribution in [3.63, 3.8) is 0 Å². The fourth-order valence-electron chi connectivity index (χ4n) is 7.61. The number of ether oxygens (including phenoxy) is 3. The van der Waals surface area contributed by atoms with Crippen molar-refractivity contribution in [1.29, 1.82) is 0 Å². The molecule has 58 heavy (non-hydrogen) atoms. The van der Waals surface area contributed by atoms with E-state index in [1.165, 1.54) is 186 Å². The molecule has 0 saturated heterocycles. The number of rotatable bonds is 47. The van der Waals surface area contributed by atoms with Crippen LogP contribution in [0.1, 0.15) is 284 Å². The lowest BCUT2D eigenvalue weighted by molar-refractivity contribution is -0.167. The third-order valence-corrected chi connectivity index (χ3v) is 11.5. The summed E-state index contributed by atoms with van der Waals surface area (Å²) in [4.78, 5) is 37.7. The molecule has 0 aliphatic carbocycles. The minimum atomic E-state index is -0.760. The van der Waals surface area contributed by atoms with Gasteiger partial charge < -0.3 is 14.2 Å². The second-order valence-corrected chi connectivity index (χ2v) is 17.4. The van der Waals surface area contributed by atoms with Crippen LogP contribution in [0.4, 0.5) is 0 Å². The molecule has 1 unspecified atom stereocenters. The standard InChI is InChI=1S/C52H98O6/c1-4-7-10-13-16-19-20-21-22-23-24-25-26-27-28-29-30-31-32-34-36-39-42-45-51(54)57-48-49(47-56-50(53)44-41-38-35-18-15-12-9-6-3)58-52(55)46-43-40-37-33-17-14-11-8-5-2/h23-24,49H,4-22,25-48H2,1-3H3/b24-23-. The quantitative estimate of drug-likeness (QED) is 0.0263. The Kier molecular flexibility index (Phi) is 46.3. The summed E-state index contributed by atoms with van der Waals surface area (Å²) in [5, 5.41) is 0. The third kappa shape index (κ3) is 45.2. The molecule has 0 amide bonds. The van der Waals surface area contributed by atoms with Gasteiger partial charge in [-0.3, -0.25) is 14.4 Å². The van der Waals surface area contributed by atoms with Crippen molar-refractivity contribution < 1.29 is 28.6 Å². The molecule has 6 heteroatoms. The fraction of sp³-hybridized carbons (Fsp3) is 0.904. The van der Waals surface area contributed by atoms with Crippen molar-refractivity contribution in [2.45, 2.75) is 290 Å². The third-order valence-electron chi connectivity index (χ3n) is 11.5. The Morgan fingerprint density at radius 3 is 0.862 bits per heavy atom. The van der Waals surface area contributed by atoms with Gasteiger partial charge in [0, 0.05) is 19.3 Å². The average Bonchev–Trinajstić information content (AvgIpc) is 3.22. The molecular formula is C52H98O6. The van der Waals surface area contributed by atoms with Crippen molar-refractivity contribution in [2.24, 2.45) is 0 Å². The average molecular weight is 819 g/mol. The van der Waals surface area contributed by atoms with Crippen molar-refractivity contribution in [2.75, 3.05) is 13.2 Å². The van der Waals surface area contributed by atoms with Crippen molar-refractivity contribution in [1.82, 2.24) is 0 Å². The Hall–Kier alpha value is -1.85. The number of hydrogen-bond donors (Lipinski definition) is 0. The van der Waals surface area contributed by atoms with Crippen LogP contribution >= 0.6 is 0 Å². The fourth-order valence-corrected chi connectivity index (χ4v) is 7.61. The van der Waals surface area contributed by atoms with E-state index in [-0.39, 0.29) is 31.1 Å². The Morgan fingerprint density at radius 1 is 0.328 bits per heavy atom. The Labute approximate surface area is 360 Å². The topological polar surface area (TPSA) is 78.9 Å².